The Balaban J connectivity index is 1.41. The standard InChI is InChI=1S/C21H21F2N3O2S/c22-21(23)29-17-8-6-16(7-9-17)26-19(27)14-18(20(26)28)25-12-10-24(11-13-25)15-4-2-1-3-5-15/h1-9,18,21H,10-14H2. The maximum absolute atomic E-state index is 13.0. The van der Waals surface area contributed by atoms with Gasteiger partial charge in [-0.15, -0.1) is 0 Å². The molecule has 2 aromatic carbocycles. The predicted molar refractivity (Wildman–Crippen MR) is 109 cm³/mol. The smallest absolute Gasteiger partial charge is 0.288 e. The molecule has 1 atom stereocenters. The van der Waals surface area contributed by atoms with E-state index in [-0.39, 0.29) is 18.2 Å². The zero-order valence-corrected chi connectivity index (χ0v) is 16.5. The Morgan fingerprint density at radius 3 is 2.14 bits per heavy atom. The van der Waals surface area contributed by atoms with Crippen LogP contribution in [0.25, 0.3) is 0 Å². The van der Waals surface area contributed by atoms with Crippen LogP contribution in [0.4, 0.5) is 20.2 Å². The molecule has 2 fully saturated rings. The number of rotatable bonds is 5. The number of anilines is 2. The molecule has 0 N–H and O–H groups in total. The molecule has 0 saturated carbocycles. The number of amides is 2. The van der Waals surface area contributed by atoms with E-state index in [1.807, 2.05) is 18.2 Å². The van der Waals surface area contributed by atoms with E-state index in [9.17, 15) is 18.4 Å². The SMILES string of the molecule is O=C1CC(N2CCN(c3ccccc3)CC2)C(=O)N1c1ccc(SC(F)F)cc1. The zero-order valence-electron chi connectivity index (χ0n) is 15.7. The first-order valence-electron chi connectivity index (χ1n) is 9.48. The molecule has 1 unspecified atom stereocenters. The van der Waals surface area contributed by atoms with Crippen LogP contribution in [0, 0.1) is 0 Å². The molecule has 4 rings (SSSR count). The monoisotopic (exact) mass is 417 g/mol. The Morgan fingerprint density at radius 1 is 0.862 bits per heavy atom. The van der Waals surface area contributed by atoms with Crippen LogP contribution < -0.4 is 9.80 Å². The average molecular weight is 417 g/mol. The van der Waals surface area contributed by atoms with Gasteiger partial charge in [-0.25, -0.2) is 4.90 Å². The summed E-state index contributed by atoms with van der Waals surface area (Å²) in [6, 6.07) is 15.8. The lowest BCUT2D eigenvalue weighted by molar-refractivity contribution is -0.123. The zero-order chi connectivity index (χ0) is 20.4. The molecule has 2 amide bonds. The van der Waals surface area contributed by atoms with Crippen LogP contribution in [0.3, 0.4) is 0 Å². The quantitative estimate of drug-likeness (QED) is 0.551. The second-order valence-electron chi connectivity index (χ2n) is 7.02. The van der Waals surface area contributed by atoms with E-state index in [1.54, 1.807) is 12.1 Å². The predicted octanol–water partition coefficient (Wildman–Crippen LogP) is 3.46. The number of para-hydroxylation sites is 1. The van der Waals surface area contributed by atoms with Gasteiger partial charge in [0.05, 0.1) is 18.2 Å². The Labute approximate surface area is 172 Å². The molecule has 8 heteroatoms. The lowest BCUT2D eigenvalue weighted by atomic mass is 10.1. The van der Waals surface area contributed by atoms with Crippen LogP contribution >= 0.6 is 11.8 Å². The number of nitrogens with zero attached hydrogens (tertiary/aromatic N) is 3. The second-order valence-corrected chi connectivity index (χ2v) is 8.08. The number of thioether (sulfide) groups is 1. The van der Waals surface area contributed by atoms with Gasteiger partial charge in [0.15, 0.2) is 0 Å². The summed E-state index contributed by atoms with van der Waals surface area (Å²) in [5.74, 6) is -2.99. The lowest BCUT2D eigenvalue weighted by Gasteiger charge is -2.38. The average Bonchev–Trinajstić information content (AvgIpc) is 3.03. The molecule has 5 nitrogen and oxygen atoms in total. The van der Waals surface area contributed by atoms with Crippen molar-refractivity contribution in [2.45, 2.75) is 23.1 Å². The Hall–Kier alpha value is -2.45. The van der Waals surface area contributed by atoms with Crippen molar-refractivity contribution in [1.82, 2.24) is 4.90 Å². The topological polar surface area (TPSA) is 43.9 Å². The maximum atomic E-state index is 13.0. The van der Waals surface area contributed by atoms with Crippen LogP contribution in [0.2, 0.25) is 0 Å². The van der Waals surface area contributed by atoms with Gasteiger partial charge in [-0.3, -0.25) is 14.5 Å². The van der Waals surface area contributed by atoms with Gasteiger partial charge in [0, 0.05) is 36.8 Å². The van der Waals surface area contributed by atoms with Gasteiger partial charge in [-0.2, -0.15) is 8.78 Å². The molecule has 2 heterocycles. The first kappa shape index (κ1) is 19.8. The third-order valence-electron chi connectivity index (χ3n) is 5.32. The van der Waals surface area contributed by atoms with Gasteiger partial charge in [-0.05, 0) is 36.4 Å². The van der Waals surface area contributed by atoms with Crippen LogP contribution in [0.1, 0.15) is 6.42 Å². The minimum atomic E-state index is -2.50. The number of carbonyl (C=O) groups is 2. The van der Waals surface area contributed by atoms with E-state index >= 15 is 0 Å². The number of alkyl halides is 2. The van der Waals surface area contributed by atoms with Gasteiger partial charge in [0.1, 0.15) is 0 Å². The third kappa shape index (κ3) is 4.28. The summed E-state index contributed by atoms with van der Waals surface area (Å²) < 4.78 is 24.9. The van der Waals surface area contributed by atoms with Gasteiger partial charge >= 0.3 is 0 Å². The molecule has 0 spiro atoms. The highest BCUT2D eigenvalue weighted by atomic mass is 32.2. The third-order valence-corrected chi connectivity index (χ3v) is 6.04. The minimum Gasteiger partial charge on any atom is -0.369 e. The van der Waals surface area contributed by atoms with E-state index in [2.05, 4.69) is 21.9 Å². The Bertz CT molecular complexity index is 871. The first-order valence-corrected chi connectivity index (χ1v) is 10.4. The van der Waals surface area contributed by atoms with E-state index < -0.39 is 11.8 Å². The van der Waals surface area contributed by atoms with E-state index in [4.69, 9.17) is 0 Å². The fourth-order valence-corrected chi connectivity index (χ4v) is 4.38. The van der Waals surface area contributed by atoms with E-state index in [0.717, 1.165) is 18.8 Å². The van der Waals surface area contributed by atoms with Gasteiger partial charge in [-0.1, -0.05) is 30.0 Å². The molecule has 0 aromatic heterocycles. The second kappa shape index (κ2) is 8.51. The summed E-state index contributed by atoms with van der Waals surface area (Å²) in [7, 11) is 0. The number of piperazine rings is 1. The Morgan fingerprint density at radius 2 is 1.52 bits per heavy atom. The van der Waals surface area contributed by atoms with Crippen molar-refractivity contribution in [3.8, 4) is 0 Å². The van der Waals surface area contributed by atoms with Crippen LogP contribution in [0.5, 0.6) is 0 Å². The molecule has 2 aromatic rings. The number of hydrogen-bond acceptors (Lipinski definition) is 5. The molecular formula is C21H21F2N3O2S. The lowest BCUT2D eigenvalue weighted by Crippen LogP contribution is -2.52. The normalized spacial score (nSPS) is 20.7. The summed E-state index contributed by atoms with van der Waals surface area (Å²) in [6.07, 6.45) is 0.151. The highest BCUT2D eigenvalue weighted by Gasteiger charge is 2.43. The molecule has 29 heavy (non-hydrogen) atoms. The van der Waals surface area contributed by atoms with E-state index in [1.165, 1.54) is 17.0 Å². The van der Waals surface area contributed by atoms with Crippen molar-refractivity contribution in [2.24, 2.45) is 0 Å². The fourth-order valence-electron chi connectivity index (χ4n) is 3.88. The van der Waals surface area contributed by atoms with Gasteiger partial charge < -0.3 is 4.90 Å². The number of hydrogen-bond donors (Lipinski definition) is 0. The van der Waals surface area contributed by atoms with Crippen molar-refractivity contribution < 1.29 is 18.4 Å². The van der Waals surface area contributed by atoms with Gasteiger partial charge in [0.2, 0.25) is 5.91 Å². The van der Waals surface area contributed by atoms with Crippen molar-refractivity contribution in [3.63, 3.8) is 0 Å². The molecule has 0 bridgehead atoms. The van der Waals surface area contributed by atoms with E-state index in [0.29, 0.717) is 35.4 Å². The molecule has 2 aliphatic rings. The van der Waals surface area contributed by atoms with Crippen LogP contribution in [0.15, 0.2) is 59.5 Å². The van der Waals surface area contributed by atoms with Gasteiger partial charge in [0.25, 0.3) is 11.7 Å². The van der Waals surface area contributed by atoms with Crippen LogP contribution in [-0.2, 0) is 9.59 Å². The number of imide groups is 1. The summed E-state index contributed by atoms with van der Waals surface area (Å²) in [6.45, 7) is 3.00. The summed E-state index contributed by atoms with van der Waals surface area (Å²) in [4.78, 5) is 31.4. The molecular weight excluding hydrogens is 396 g/mol. The molecule has 152 valence electrons. The number of carbonyl (C=O) groups excluding carboxylic acids is 2. The molecule has 2 saturated heterocycles. The highest BCUT2D eigenvalue weighted by Crippen LogP contribution is 2.30. The number of halogens is 2. The summed E-state index contributed by atoms with van der Waals surface area (Å²) in [5, 5.41) is 0. The summed E-state index contributed by atoms with van der Waals surface area (Å²) in [5.41, 5.74) is 1.59. The summed E-state index contributed by atoms with van der Waals surface area (Å²) >= 11 is 0.438. The number of benzene rings is 2. The van der Waals surface area contributed by atoms with Crippen molar-refractivity contribution in [1.29, 1.82) is 0 Å². The molecule has 0 aliphatic carbocycles. The Kier molecular flexibility index (Phi) is 5.82. The largest absolute Gasteiger partial charge is 0.369 e. The molecule has 0 radical (unpaired) electrons. The molecule has 2 aliphatic heterocycles. The first-order chi connectivity index (χ1) is 14.0. The van der Waals surface area contributed by atoms with Crippen molar-refractivity contribution >= 4 is 35.0 Å². The fraction of sp³-hybridized carbons (Fsp3) is 0.333. The van der Waals surface area contributed by atoms with Crippen LogP contribution in [-0.4, -0.2) is 54.7 Å². The maximum Gasteiger partial charge on any atom is 0.288 e. The van der Waals surface area contributed by atoms with Crippen molar-refractivity contribution in [3.05, 3.63) is 54.6 Å². The highest BCUT2D eigenvalue weighted by molar-refractivity contribution is 7.99. The van der Waals surface area contributed by atoms with Crippen molar-refractivity contribution in [2.75, 3.05) is 36.0 Å². The minimum absolute atomic E-state index is 0.151.